The fourth-order valence-corrected chi connectivity index (χ4v) is 1.95. The second kappa shape index (κ2) is 3.36. The van der Waals surface area contributed by atoms with Crippen molar-refractivity contribution in [2.75, 3.05) is 0 Å². The maximum absolute atomic E-state index is 9.15. The summed E-state index contributed by atoms with van der Waals surface area (Å²) in [5, 5.41) is 9.93. The number of rotatable bonds is 1. The predicted octanol–water partition coefficient (Wildman–Crippen LogP) is 3.17. The lowest BCUT2D eigenvalue weighted by atomic mass is 10.2. The van der Waals surface area contributed by atoms with Crippen molar-refractivity contribution in [1.82, 2.24) is 4.98 Å². The Hall–Kier alpha value is -1.06. The van der Waals surface area contributed by atoms with Crippen molar-refractivity contribution in [3.8, 4) is 15.5 Å². The number of nitrogens with zero attached hydrogens (tertiary/aromatic N) is 1. The summed E-state index contributed by atoms with van der Waals surface area (Å²) >= 11 is 7.05. The van der Waals surface area contributed by atoms with Gasteiger partial charge in [0.15, 0.2) is 5.06 Å². The molecule has 66 valence electrons. The number of pyridine rings is 1. The number of hydrogen-bond acceptors (Lipinski definition) is 3. The monoisotopic (exact) mass is 211 g/mol. The molecular formula is C9H6ClNOS. The Morgan fingerprint density at radius 1 is 1.31 bits per heavy atom. The van der Waals surface area contributed by atoms with Gasteiger partial charge in [-0.15, -0.1) is 0 Å². The zero-order chi connectivity index (χ0) is 9.26. The molecule has 13 heavy (non-hydrogen) atoms. The van der Waals surface area contributed by atoms with Crippen molar-refractivity contribution in [1.29, 1.82) is 0 Å². The first-order valence-electron chi connectivity index (χ1n) is 3.66. The molecule has 0 atom stereocenters. The molecule has 0 aliphatic carbocycles. The topological polar surface area (TPSA) is 33.1 Å². The van der Waals surface area contributed by atoms with Gasteiger partial charge in [-0.3, -0.25) is 0 Å². The van der Waals surface area contributed by atoms with E-state index in [2.05, 4.69) is 4.98 Å². The van der Waals surface area contributed by atoms with E-state index < -0.39 is 0 Å². The van der Waals surface area contributed by atoms with Crippen LogP contribution in [0.4, 0.5) is 0 Å². The predicted molar refractivity (Wildman–Crippen MR) is 54.2 cm³/mol. The van der Waals surface area contributed by atoms with Crippen LogP contribution in [0.2, 0.25) is 5.15 Å². The maximum Gasteiger partial charge on any atom is 0.171 e. The van der Waals surface area contributed by atoms with Gasteiger partial charge in [-0.05, 0) is 29.8 Å². The van der Waals surface area contributed by atoms with E-state index in [9.17, 15) is 0 Å². The van der Waals surface area contributed by atoms with Crippen LogP contribution in [0.1, 0.15) is 0 Å². The number of hydrogen-bond donors (Lipinski definition) is 1. The highest BCUT2D eigenvalue weighted by atomic mass is 35.5. The van der Waals surface area contributed by atoms with Crippen LogP contribution in [-0.4, -0.2) is 10.1 Å². The third-order valence-corrected chi connectivity index (χ3v) is 2.75. The van der Waals surface area contributed by atoms with Gasteiger partial charge in [-0.2, -0.15) is 0 Å². The minimum atomic E-state index is 0.308. The Balaban J connectivity index is 2.46. The molecule has 0 fully saturated rings. The number of aromatic nitrogens is 1. The SMILES string of the molecule is Oc1ccc(-c2ccnc(Cl)c2)s1. The maximum atomic E-state index is 9.15. The van der Waals surface area contributed by atoms with Gasteiger partial charge >= 0.3 is 0 Å². The molecule has 0 saturated heterocycles. The molecule has 1 N–H and O–H groups in total. The highest BCUT2D eigenvalue weighted by molar-refractivity contribution is 7.17. The van der Waals surface area contributed by atoms with Gasteiger partial charge in [-0.1, -0.05) is 22.9 Å². The molecule has 0 radical (unpaired) electrons. The summed E-state index contributed by atoms with van der Waals surface area (Å²) < 4.78 is 0. The summed E-state index contributed by atoms with van der Waals surface area (Å²) in [5.41, 5.74) is 0.977. The first-order valence-corrected chi connectivity index (χ1v) is 4.86. The molecular weight excluding hydrogens is 206 g/mol. The molecule has 4 heteroatoms. The minimum Gasteiger partial charge on any atom is -0.499 e. The Morgan fingerprint density at radius 3 is 2.77 bits per heavy atom. The summed E-state index contributed by atoms with van der Waals surface area (Å²) in [6.07, 6.45) is 1.65. The van der Waals surface area contributed by atoms with Crippen molar-refractivity contribution in [2.24, 2.45) is 0 Å². The molecule has 0 unspecified atom stereocenters. The van der Waals surface area contributed by atoms with Crippen LogP contribution in [0.15, 0.2) is 30.5 Å². The van der Waals surface area contributed by atoms with Gasteiger partial charge in [-0.25, -0.2) is 4.98 Å². The second-order valence-electron chi connectivity index (χ2n) is 2.51. The average Bonchev–Trinajstić information content (AvgIpc) is 2.52. The Kier molecular flexibility index (Phi) is 2.20. The lowest BCUT2D eigenvalue weighted by Gasteiger charge is -1.95. The van der Waals surface area contributed by atoms with Crippen LogP contribution < -0.4 is 0 Å². The summed E-state index contributed by atoms with van der Waals surface area (Å²) in [7, 11) is 0. The van der Waals surface area contributed by atoms with Crippen LogP contribution in [0.5, 0.6) is 5.06 Å². The van der Waals surface area contributed by atoms with Crippen LogP contribution in [0.25, 0.3) is 10.4 Å². The fraction of sp³-hybridized carbons (Fsp3) is 0. The molecule has 0 amide bonds. The Labute approximate surface area is 84.4 Å². The van der Waals surface area contributed by atoms with Crippen LogP contribution in [0.3, 0.4) is 0 Å². The van der Waals surface area contributed by atoms with E-state index in [-0.39, 0.29) is 0 Å². The lowest BCUT2D eigenvalue weighted by Crippen LogP contribution is -1.75. The van der Waals surface area contributed by atoms with E-state index in [0.717, 1.165) is 10.4 Å². The molecule has 0 aliphatic rings. The van der Waals surface area contributed by atoms with Gasteiger partial charge in [0.2, 0.25) is 0 Å². The summed E-state index contributed by atoms with van der Waals surface area (Å²) in [6, 6.07) is 7.14. The molecule has 2 heterocycles. The van der Waals surface area contributed by atoms with Gasteiger partial charge in [0.1, 0.15) is 5.15 Å². The van der Waals surface area contributed by atoms with Gasteiger partial charge in [0.25, 0.3) is 0 Å². The summed E-state index contributed by atoms with van der Waals surface area (Å²) in [5.74, 6) is 0. The standard InChI is InChI=1S/C9H6ClNOS/c10-8-5-6(3-4-11-8)7-1-2-9(12)13-7/h1-5,12H. The Morgan fingerprint density at radius 2 is 2.15 bits per heavy atom. The van der Waals surface area contributed by atoms with Crippen molar-refractivity contribution in [3.63, 3.8) is 0 Å². The van der Waals surface area contributed by atoms with E-state index in [4.69, 9.17) is 16.7 Å². The average molecular weight is 212 g/mol. The number of aromatic hydroxyl groups is 1. The minimum absolute atomic E-state index is 0.308. The Bertz CT molecular complexity index is 427. The van der Waals surface area contributed by atoms with E-state index in [0.29, 0.717) is 10.2 Å². The first kappa shape index (κ1) is 8.53. The molecule has 0 saturated carbocycles. The number of halogens is 1. The molecule has 0 bridgehead atoms. The third-order valence-electron chi connectivity index (χ3n) is 1.60. The smallest absolute Gasteiger partial charge is 0.171 e. The van der Waals surface area contributed by atoms with E-state index in [1.807, 2.05) is 12.1 Å². The van der Waals surface area contributed by atoms with Crippen LogP contribution in [-0.2, 0) is 0 Å². The van der Waals surface area contributed by atoms with Crippen molar-refractivity contribution in [3.05, 3.63) is 35.6 Å². The zero-order valence-electron chi connectivity index (χ0n) is 6.57. The van der Waals surface area contributed by atoms with Gasteiger partial charge in [0, 0.05) is 11.1 Å². The largest absolute Gasteiger partial charge is 0.499 e. The molecule has 2 rings (SSSR count). The molecule has 2 aromatic heterocycles. The first-order chi connectivity index (χ1) is 6.25. The van der Waals surface area contributed by atoms with Gasteiger partial charge < -0.3 is 5.11 Å². The fourth-order valence-electron chi connectivity index (χ4n) is 1.04. The summed E-state index contributed by atoms with van der Waals surface area (Å²) in [4.78, 5) is 4.87. The quantitative estimate of drug-likeness (QED) is 0.735. The highest BCUT2D eigenvalue weighted by Gasteiger charge is 2.01. The number of thiophene rings is 1. The van der Waals surface area contributed by atoms with Crippen LogP contribution >= 0.6 is 22.9 Å². The van der Waals surface area contributed by atoms with E-state index >= 15 is 0 Å². The van der Waals surface area contributed by atoms with Crippen molar-refractivity contribution >= 4 is 22.9 Å². The molecule has 2 aromatic rings. The van der Waals surface area contributed by atoms with Gasteiger partial charge in [0.05, 0.1) is 0 Å². The van der Waals surface area contributed by atoms with E-state index in [1.54, 1.807) is 18.3 Å². The normalized spacial score (nSPS) is 10.2. The highest BCUT2D eigenvalue weighted by Crippen LogP contribution is 2.32. The molecule has 0 spiro atoms. The van der Waals surface area contributed by atoms with Crippen molar-refractivity contribution in [2.45, 2.75) is 0 Å². The lowest BCUT2D eigenvalue weighted by molar-refractivity contribution is 0.491. The van der Waals surface area contributed by atoms with Crippen LogP contribution in [0, 0.1) is 0 Å². The molecule has 2 nitrogen and oxygen atoms in total. The van der Waals surface area contributed by atoms with Crippen molar-refractivity contribution < 1.29 is 5.11 Å². The third kappa shape index (κ3) is 1.82. The second-order valence-corrected chi connectivity index (χ2v) is 3.95. The zero-order valence-corrected chi connectivity index (χ0v) is 8.14. The summed E-state index contributed by atoms with van der Waals surface area (Å²) in [6.45, 7) is 0. The molecule has 0 aliphatic heterocycles. The van der Waals surface area contributed by atoms with E-state index in [1.165, 1.54) is 11.3 Å². The molecule has 0 aromatic carbocycles.